The van der Waals surface area contributed by atoms with Crippen LogP contribution in [0.25, 0.3) is 10.4 Å². The maximum Gasteiger partial charge on any atom is 0.0258 e. The number of hydrogen-bond donors (Lipinski definition) is 0. The Morgan fingerprint density at radius 3 is 2.12 bits per heavy atom. The predicted octanol–water partition coefficient (Wildman–Crippen LogP) is 5.32. The molecule has 0 aliphatic heterocycles. The van der Waals surface area contributed by atoms with Crippen LogP contribution in [-0.2, 0) is 0 Å². The van der Waals surface area contributed by atoms with Gasteiger partial charge in [0.05, 0.1) is 0 Å². The van der Waals surface area contributed by atoms with E-state index in [-0.39, 0.29) is 0 Å². The summed E-state index contributed by atoms with van der Waals surface area (Å²) in [4.78, 5) is 2.66. The Morgan fingerprint density at radius 2 is 1.81 bits per heavy atom. The highest BCUT2D eigenvalue weighted by Crippen LogP contribution is 2.36. The Hall–Kier alpha value is -0.690. The van der Waals surface area contributed by atoms with E-state index in [0.29, 0.717) is 12.0 Å². The molecule has 1 aliphatic rings. The molecular weight excluding hydrogens is 198 g/mol. The molecule has 94 valence electrons. The summed E-state index contributed by atoms with van der Waals surface area (Å²) in [6.45, 7) is 9.70. The minimum Gasteiger partial charge on any atom is -0.0940 e. The molecule has 0 atom stereocenters. The van der Waals surface area contributed by atoms with Crippen molar-refractivity contribution in [3.63, 3.8) is 0 Å². The fraction of sp³-hybridized carbons (Fsp3) is 1.00. The molecule has 0 aromatic carbocycles. The predicted molar refractivity (Wildman–Crippen MR) is 70.3 cm³/mol. The van der Waals surface area contributed by atoms with E-state index in [4.69, 9.17) is 5.53 Å². The van der Waals surface area contributed by atoms with E-state index in [0.717, 1.165) is 18.8 Å². The average Bonchev–Trinajstić information content (AvgIpc) is 2.58. The molecule has 0 radical (unpaired) electrons. The normalized spacial score (nSPS) is 17.6. The van der Waals surface area contributed by atoms with Gasteiger partial charge in [0.15, 0.2) is 0 Å². The third-order valence-corrected chi connectivity index (χ3v) is 3.06. The highest BCUT2D eigenvalue weighted by molar-refractivity contribution is 4.74. The Balaban J connectivity index is 0.000000288. The van der Waals surface area contributed by atoms with E-state index >= 15 is 0 Å². The summed E-state index contributed by atoms with van der Waals surface area (Å²) in [6.07, 6.45) is 8.00. The maximum absolute atomic E-state index is 7.89. The van der Waals surface area contributed by atoms with Crippen molar-refractivity contribution in [3.8, 4) is 0 Å². The van der Waals surface area contributed by atoms with Gasteiger partial charge >= 0.3 is 0 Å². The first kappa shape index (κ1) is 15.3. The van der Waals surface area contributed by atoms with Gasteiger partial charge in [-0.1, -0.05) is 52.1 Å². The van der Waals surface area contributed by atoms with Crippen LogP contribution < -0.4 is 0 Å². The quantitative estimate of drug-likeness (QED) is 0.269. The summed E-state index contributed by atoms with van der Waals surface area (Å²) < 4.78 is 0. The number of hydrogen-bond acceptors (Lipinski definition) is 1. The third-order valence-electron chi connectivity index (χ3n) is 3.06. The number of nitrogens with zero attached hydrogens (tertiary/aromatic N) is 3. The topological polar surface area (TPSA) is 48.8 Å². The minimum absolute atomic E-state index is 0.648. The van der Waals surface area contributed by atoms with Crippen LogP contribution in [0, 0.1) is 11.3 Å². The molecule has 16 heavy (non-hydrogen) atoms. The van der Waals surface area contributed by atoms with Crippen molar-refractivity contribution >= 4 is 0 Å². The lowest BCUT2D eigenvalue weighted by Crippen LogP contribution is -2.01. The molecule has 0 amide bonds. The second-order valence-electron chi connectivity index (χ2n) is 5.86. The Bertz CT molecular complexity index is 207. The zero-order chi connectivity index (χ0) is 12.4. The fourth-order valence-corrected chi connectivity index (χ4v) is 1.95. The smallest absolute Gasteiger partial charge is 0.0258 e. The van der Waals surface area contributed by atoms with Gasteiger partial charge in [-0.25, -0.2) is 0 Å². The lowest BCUT2D eigenvalue weighted by Gasteiger charge is -2.13. The number of azide groups is 1. The maximum atomic E-state index is 7.89. The molecule has 1 aliphatic carbocycles. The van der Waals surface area contributed by atoms with Gasteiger partial charge in [-0.05, 0) is 36.1 Å². The van der Waals surface area contributed by atoms with E-state index < -0.39 is 0 Å². The monoisotopic (exact) mass is 225 g/mol. The lowest BCUT2D eigenvalue weighted by atomic mass is 9.92. The van der Waals surface area contributed by atoms with Crippen LogP contribution in [-0.4, -0.2) is 6.54 Å². The SMILES string of the molecule is CC(C)CCCN=[N+]=[N-].CC1(C)CCCC1. The van der Waals surface area contributed by atoms with Crippen LogP contribution in [0.5, 0.6) is 0 Å². The van der Waals surface area contributed by atoms with Crippen LogP contribution >= 0.6 is 0 Å². The van der Waals surface area contributed by atoms with Gasteiger partial charge in [0.1, 0.15) is 0 Å². The van der Waals surface area contributed by atoms with Gasteiger partial charge in [0, 0.05) is 11.5 Å². The molecular formula is C13H27N3. The standard InChI is InChI=1S/C7H14.C6H13N3/c1-7(2)5-3-4-6-7;1-6(2)4-3-5-8-9-7/h3-6H2,1-2H3;6H,3-5H2,1-2H3. The molecule has 0 spiro atoms. The van der Waals surface area contributed by atoms with E-state index in [1.54, 1.807) is 0 Å². The highest BCUT2D eigenvalue weighted by atomic mass is 15.1. The Labute approximate surface area is 100 Å². The number of rotatable bonds is 4. The van der Waals surface area contributed by atoms with E-state index in [9.17, 15) is 0 Å². The van der Waals surface area contributed by atoms with Crippen molar-refractivity contribution in [2.45, 2.75) is 66.2 Å². The van der Waals surface area contributed by atoms with Crippen LogP contribution in [0.4, 0.5) is 0 Å². The first-order valence-corrected chi connectivity index (χ1v) is 6.49. The van der Waals surface area contributed by atoms with Crippen molar-refractivity contribution in [1.29, 1.82) is 0 Å². The lowest BCUT2D eigenvalue weighted by molar-refractivity contribution is 0.382. The first-order valence-electron chi connectivity index (χ1n) is 6.49. The minimum atomic E-state index is 0.648. The molecule has 3 nitrogen and oxygen atoms in total. The summed E-state index contributed by atoms with van der Waals surface area (Å²) >= 11 is 0. The molecule has 1 fully saturated rings. The molecule has 3 heteroatoms. The first-order chi connectivity index (χ1) is 7.48. The van der Waals surface area contributed by atoms with Crippen LogP contribution in [0.1, 0.15) is 66.2 Å². The largest absolute Gasteiger partial charge is 0.0940 e. The van der Waals surface area contributed by atoms with Crippen molar-refractivity contribution < 1.29 is 0 Å². The molecule has 0 heterocycles. The van der Waals surface area contributed by atoms with Gasteiger partial charge in [-0.2, -0.15) is 0 Å². The summed E-state index contributed by atoms with van der Waals surface area (Å²) in [6, 6.07) is 0. The zero-order valence-electron chi connectivity index (χ0n) is 11.4. The second-order valence-corrected chi connectivity index (χ2v) is 5.86. The summed E-state index contributed by atoms with van der Waals surface area (Å²) in [7, 11) is 0. The summed E-state index contributed by atoms with van der Waals surface area (Å²) in [5, 5.41) is 3.42. The molecule has 1 saturated carbocycles. The molecule has 1 rings (SSSR count). The van der Waals surface area contributed by atoms with E-state index in [2.05, 4.69) is 37.7 Å². The molecule has 0 bridgehead atoms. The highest BCUT2D eigenvalue weighted by Gasteiger charge is 2.21. The summed E-state index contributed by atoms with van der Waals surface area (Å²) in [5.74, 6) is 0.721. The van der Waals surface area contributed by atoms with Gasteiger partial charge in [-0.3, -0.25) is 0 Å². The molecule has 0 unspecified atom stereocenters. The average molecular weight is 225 g/mol. The fourth-order valence-electron chi connectivity index (χ4n) is 1.95. The summed E-state index contributed by atoms with van der Waals surface area (Å²) in [5.41, 5.74) is 8.58. The van der Waals surface area contributed by atoms with E-state index in [1.165, 1.54) is 25.7 Å². The van der Waals surface area contributed by atoms with Crippen LogP contribution in [0.15, 0.2) is 5.11 Å². The Morgan fingerprint density at radius 1 is 1.25 bits per heavy atom. The van der Waals surface area contributed by atoms with Crippen molar-refractivity contribution in [2.75, 3.05) is 6.54 Å². The van der Waals surface area contributed by atoms with Gasteiger partial charge in [0.2, 0.25) is 0 Å². The molecule has 0 saturated heterocycles. The molecule has 0 aromatic heterocycles. The van der Waals surface area contributed by atoms with Crippen LogP contribution in [0.2, 0.25) is 0 Å². The zero-order valence-corrected chi connectivity index (χ0v) is 11.4. The van der Waals surface area contributed by atoms with Gasteiger partial charge < -0.3 is 0 Å². The molecule has 0 aromatic rings. The van der Waals surface area contributed by atoms with Crippen LogP contribution in [0.3, 0.4) is 0 Å². The van der Waals surface area contributed by atoms with E-state index in [1.807, 2.05) is 0 Å². The van der Waals surface area contributed by atoms with Gasteiger partial charge in [0.25, 0.3) is 0 Å². The van der Waals surface area contributed by atoms with Crippen molar-refractivity contribution in [1.82, 2.24) is 0 Å². The molecule has 0 N–H and O–H groups in total. The van der Waals surface area contributed by atoms with Crippen molar-refractivity contribution in [2.24, 2.45) is 16.4 Å². The third kappa shape index (κ3) is 9.85. The van der Waals surface area contributed by atoms with Crippen molar-refractivity contribution in [3.05, 3.63) is 10.4 Å². The Kier molecular flexibility index (Phi) is 8.10. The van der Waals surface area contributed by atoms with Gasteiger partial charge in [-0.15, -0.1) is 0 Å². The second kappa shape index (κ2) is 8.46.